The van der Waals surface area contributed by atoms with Crippen molar-refractivity contribution in [1.29, 1.82) is 0 Å². The Labute approximate surface area is 216 Å². The van der Waals surface area contributed by atoms with E-state index in [0.29, 0.717) is 24.2 Å². The van der Waals surface area contributed by atoms with Crippen molar-refractivity contribution < 1.29 is 14.4 Å². The fourth-order valence-corrected chi connectivity index (χ4v) is 4.60. The third kappa shape index (κ3) is 5.50. The van der Waals surface area contributed by atoms with Gasteiger partial charge in [0.1, 0.15) is 6.04 Å². The van der Waals surface area contributed by atoms with E-state index in [1.165, 1.54) is 0 Å². The van der Waals surface area contributed by atoms with Gasteiger partial charge in [0.25, 0.3) is 17.7 Å². The molecule has 0 saturated heterocycles. The monoisotopic (exact) mass is 489 g/mol. The lowest BCUT2D eigenvalue weighted by atomic mass is 10.0. The minimum atomic E-state index is -1.01. The van der Waals surface area contributed by atoms with Crippen molar-refractivity contribution >= 4 is 17.7 Å². The number of hydrogen-bond donors (Lipinski definition) is 1. The minimum absolute atomic E-state index is 0.211. The van der Waals surface area contributed by atoms with Crippen LogP contribution in [0.4, 0.5) is 0 Å². The summed E-state index contributed by atoms with van der Waals surface area (Å²) in [5.41, 5.74) is 6.59. The Hall–Kier alpha value is -4.55. The summed E-state index contributed by atoms with van der Waals surface area (Å²) in [6, 6.07) is 34.8. The van der Waals surface area contributed by atoms with Crippen LogP contribution >= 0.6 is 0 Å². The molecular formula is C31H27N3O3. The number of carbonyl (C=O) groups excluding carboxylic acids is 3. The van der Waals surface area contributed by atoms with Crippen molar-refractivity contribution in [3.63, 3.8) is 0 Å². The van der Waals surface area contributed by atoms with E-state index in [2.05, 4.69) is 5.43 Å². The maximum absolute atomic E-state index is 13.9. The van der Waals surface area contributed by atoms with Crippen molar-refractivity contribution in [3.05, 3.63) is 143 Å². The van der Waals surface area contributed by atoms with Crippen LogP contribution in [-0.4, -0.2) is 33.7 Å². The highest BCUT2D eigenvalue weighted by Gasteiger charge is 2.43. The summed E-state index contributed by atoms with van der Waals surface area (Å²) in [6.07, 6.45) is 0.211. The summed E-state index contributed by atoms with van der Waals surface area (Å²) in [4.78, 5) is 41.6. The van der Waals surface area contributed by atoms with Gasteiger partial charge in [-0.1, -0.05) is 103 Å². The number of hydrogen-bond acceptors (Lipinski definition) is 4. The van der Waals surface area contributed by atoms with Crippen LogP contribution in [0.25, 0.3) is 0 Å². The first-order chi connectivity index (χ1) is 18.1. The molecule has 0 aromatic heterocycles. The number of nitrogens with one attached hydrogen (secondary N) is 1. The Morgan fingerprint density at radius 1 is 0.622 bits per heavy atom. The van der Waals surface area contributed by atoms with Crippen LogP contribution in [0.5, 0.6) is 0 Å². The maximum atomic E-state index is 13.9. The minimum Gasteiger partial charge on any atom is -0.286 e. The number of fused-ring (bicyclic) bond motifs is 1. The van der Waals surface area contributed by atoms with E-state index in [1.807, 2.05) is 96.0 Å². The van der Waals surface area contributed by atoms with Crippen molar-refractivity contribution in [2.45, 2.75) is 25.6 Å². The lowest BCUT2D eigenvalue weighted by Crippen LogP contribution is -2.54. The highest BCUT2D eigenvalue weighted by atomic mass is 16.2. The van der Waals surface area contributed by atoms with E-state index in [1.54, 1.807) is 24.3 Å². The van der Waals surface area contributed by atoms with Crippen LogP contribution < -0.4 is 5.43 Å². The summed E-state index contributed by atoms with van der Waals surface area (Å²) in [6.45, 7) is 0.920. The van der Waals surface area contributed by atoms with Gasteiger partial charge in [-0.15, -0.1) is 0 Å². The summed E-state index contributed by atoms with van der Waals surface area (Å²) in [7, 11) is 0. The number of hydrazine groups is 1. The second-order valence-corrected chi connectivity index (χ2v) is 9.03. The Kier molecular flexibility index (Phi) is 7.19. The lowest BCUT2D eigenvalue weighted by Gasteiger charge is -2.30. The number of nitrogens with zero attached hydrogens (tertiary/aromatic N) is 2. The van der Waals surface area contributed by atoms with E-state index in [4.69, 9.17) is 0 Å². The smallest absolute Gasteiger partial charge is 0.262 e. The van der Waals surface area contributed by atoms with Gasteiger partial charge in [0.05, 0.1) is 11.1 Å². The van der Waals surface area contributed by atoms with E-state index in [-0.39, 0.29) is 6.42 Å². The second kappa shape index (κ2) is 11.0. The standard InChI is InChI=1S/C31H27N3O3/c35-29(32-33(21-24-14-6-2-7-15-24)22-25-16-8-3-9-17-25)28(20-23-12-4-1-5-13-23)34-30(36)26-18-10-11-19-27(26)31(34)37/h1-19,28H,20-22H2,(H,32,35)/t28-/m1/s1. The molecule has 1 aliphatic heterocycles. The molecule has 1 aliphatic rings. The SMILES string of the molecule is O=C(NN(Cc1ccccc1)Cc1ccccc1)[C@@H](Cc1ccccc1)N1C(=O)c2ccccc2C1=O. The Balaban J connectivity index is 1.44. The highest BCUT2D eigenvalue weighted by molar-refractivity contribution is 6.22. The molecular weight excluding hydrogens is 462 g/mol. The Morgan fingerprint density at radius 3 is 1.49 bits per heavy atom. The van der Waals surface area contributed by atoms with Gasteiger partial charge < -0.3 is 0 Å². The fourth-order valence-electron chi connectivity index (χ4n) is 4.60. The third-order valence-corrected chi connectivity index (χ3v) is 6.41. The number of benzene rings is 4. The summed E-state index contributed by atoms with van der Waals surface area (Å²) in [5, 5.41) is 1.82. The molecule has 1 N–H and O–H groups in total. The molecule has 0 bridgehead atoms. The van der Waals surface area contributed by atoms with Crippen LogP contribution in [0.2, 0.25) is 0 Å². The highest BCUT2D eigenvalue weighted by Crippen LogP contribution is 2.26. The fraction of sp³-hybridized carbons (Fsp3) is 0.129. The van der Waals surface area contributed by atoms with Crippen LogP contribution in [0, 0.1) is 0 Å². The first-order valence-corrected chi connectivity index (χ1v) is 12.2. The van der Waals surface area contributed by atoms with Crippen LogP contribution in [0.1, 0.15) is 37.4 Å². The predicted molar refractivity (Wildman–Crippen MR) is 141 cm³/mol. The molecule has 0 unspecified atom stereocenters. The molecule has 1 heterocycles. The number of rotatable bonds is 9. The molecule has 6 nitrogen and oxygen atoms in total. The molecule has 184 valence electrons. The van der Waals surface area contributed by atoms with E-state index >= 15 is 0 Å². The summed E-state index contributed by atoms with van der Waals surface area (Å²) in [5.74, 6) is -1.31. The maximum Gasteiger partial charge on any atom is 0.262 e. The number of amides is 3. The first kappa shape index (κ1) is 24.2. The predicted octanol–water partition coefficient (Wildman–Crippen LogP) is 4.63. The van der Waals surface area contributed by atoms with Gasteiger partial charge in [0.2, 0.25) is 0 Å². The topological polar surface area (TPSA) is 69.7 Å². The van der Waals surface area contributed by atoms with Gasteiger partial charge in [-0.3, -0.25) is 24.7 Å². The van der Waals surface area contributed by atoms with Gasteiger partial charge in [0, 0.05) is 19.5 Å². The molecule has 5 rings (SSSR count). The molecule has 37 heavy (non-hydrogen) atoms. The summed E-state index contributed by atoms with van der Waals surface area (Å²) < 4.78 is 0. The number of imide groups is 1. The zero-order valence-electron chi connectivity index (χ0n) is 20.3. The molecule has 0 spiro atoms. The molecule has 4 aromatic carbocycles. The average Bonchev–Trinajstić information content (AvgIpc) is 3.18. The normalized spacial score (nSPS) is 13.5. The van der Waals surface area contributed by atoms with E-state index in [0.717, 1.165) is 21.6 Å². The number of carbonyl (C=O) groups is 3. The first-order valence-electron chi connectivity index (χ1n) is 12.2. The van der Waals surface area contributed by atoms with Gasteiger partial charge in [-0.2, -0.15) is 0 Å². The molecule has 0 aliphatic carbocycles. The van der Waals surface area contributed by atoms with Crippen LogP contribution in [-0.2, 0) is 24.3 Å². The Bertz CT molecular complexity index is 1310. The molecule has 0 radical (unpaired) electrons. The lowest BCUT2D eigenvalue weighted by molar-refractivity contribution is -0.130. The van der Waals surface area contributed by atoms with Gasteiger partial charge in [-0.25, -0.2) is 5.01 Å². The molecule has 6 heteroatoms. The van der Waals surface area contributed by atoms with Gasteiger partial charge in [-0.05, 0) is 28.8 Å². The largest absolute Gasteiger partial charge is 0.286 e. The third-order valence-electron chi connectivity index (χ3n) is 6.41. The van der Waals surface area contributed by atoms with Crippen molar-refractivity contribution in [2.75, 3.05) is 0 Å². The van der Waals surface area contributed by atoms with Crippen molar-refractivity contribution in [1.82, 2.24) is 15.3 Å². The van der Waals surface area contributed by atoms with E-state index < -0.39 is 23.8 Å². The molecule has 4 aromatic rings. The van der Waals surface area contributed by atoms with Gasteiger partial charge in [0.15, 0.2) is 0 Å². The van der Waals surface area contributed by atoms with Gasteiger partial charge >= 0.3 is 0 Å². The molecule has 3 amide bonds. The zero-order valence-corrected chi connectivity index (χ0v) is 20.3. The Morgan fingerprint density at radius 2 is 1.03 bits per heavy atom. The van der Waals surface area contributed by atoms with Crippen molar-refractivity contribution in [2.24, 2.45) is 0 Å². The van der Waals surface area contributed by atoms with Crippen LogP contribution in [0.15, 0.2) is 115 Å². The zero-order chi connectivity index (χ0) is 25.6. The average molecular weight is 490 g/mol. The van der Waals surface area contributed by atoms with Crippen molar-refractivity contribution in [3.8, 4) is 0 Å². The van der Waals surface area contributed by atoms with Crippen LogP contribution in [0.3, 0.4) is 0 Å². The second-order valence-electron chi connectivity index (χ2n) is 9.03. The summed E-state index contributed by atoms with van der Waals surface area (Å²) >= 11 is 0. The molecule has 0 fully saturated rings. The van der Waals surface area contributed by atoms with E-state index in [9.17, 15) is 14.4 Å². The molecule has 1 atom stereocenters. The molecule has 0 saturated carbocycles. The quantitative estimate of drug-likeness (QED) is 0.275.